The van der Waals surface area contributed by atoms with Crippen LogP contribution in [0.4, 0.5) is 5.69 Å². The molecule has 3 aromatic rings. The third kappa shape index (κ3) is 6.01. The van der Waals surface area contributed by atoms with E-state index in [2.05, 4.69) is 27.4 Å². The van der Waals surface area contributed by atoms with E-state index in [1.165, 1.54) is 0 Å². The minimum atomic E-state index is -0.216. The number of hydrogen-bond acceptors (Lipinski definition) is 4. The summed E-state index contributed by atoms with van der Waals surface area (Å²) in [5.74, 6) is -0.0137. The van der Waals surface area contributed by atoms with Crippen LogP contribution in [0.1, 0.15) is 19.3 Å². The van der Waals surface area contributed by atoms with E-state index in [9.17, 15) is 9.59 Å². The van der Waals surface area contributed by atoms with Crippen molar-refractivity contribution in [2.45, 2.75) is 19.3 Å². The Labute approximate surface area is 175 Å². The Kier molecular flexibility index (Phi) is 8.58. The van der Waals surface area contributed by atoms with Gasteiger partial charge in [0.1, 0.15) is 0 Å². The molecule has 1 heterocycles. The maximum atomic E-state index is 12.2. The van der Waals surface area contributed by atoms with E-state index in [-0.39, 0.29) is 23.9 Å². The summed E-state index contributed by atoms with van der Waals surface area (Å²) in [6.45, 7) is 5.31. The maximum absolute atomic E-state index is 12.2. The van der Waals surface area contributed by atoms with Crippen LogP contribution in [0.5, 0.6) is 0 Å². The number of anilines is 1. The number of H-pyrrole nitrogens is 1. The second kappa shape index (κ2) is 11.1. The van der Waals surface area contributed by atoms with E-state index < -0.39 is 0 Å². The van der Waals surface area contributed by atoms with E-state index >= 15 is 0 Å². The monoisotopic (exact) mass is 412 g/mol. The Morgan fingerprint density at radius 1 is 1.10 bits per heavy atom. The number of aromatic amines is 1. The van der Waals surface area contributed by atoms with Crippen molar-refractivity contribution in [3.05, 3.63) is 71.5 Å². The lowest BCUT2D eigenvalue weighted by Gasteiger charge is -2.09. The summed E-state index contributed by atoms with van der Waals surface area (Å²) >= 11 is 0. The standard InChI is InChI=1S/C22H24N4O2.ClH/c1-2-13-23-14-6-5-12-20(27)24-17-9-7-8-16(15-17)21-18-10-3-4-11-19(18)22(28)26-25-21;/h2-4,7-11,15,23H,1,5-6,12-14H2,(H,24,27)(H,26,28);1H. The minimum Gasteiger partial charge on any atom is -0.326 e. The third-order valence-electron chi connectivity index (χ3n) is 4.41. The van der Waals surface area contributed by atoms with Crippen molar-refractivity contribution in [2.24, 2.45) is 0 Å². The second-order valence-electron chi connectivity index (χ2n) is 6.53. The number of carbonyl (C=O) groups excluding carboxylic acids is 1. The molecule has 0 aliphatic heterocycles. The first-order chi connectivity index (χ1) is 13.7. The molecule has 1 aromatic heterocycles. The van der Waals surface area contributed by atoms with Crippen molar-refractivity contribution >= 4 is 34.8 Å². The minimum absolute atomic E-state index is 0. The number of aromatic nitrogens is 2. The fourth-order valence-electron chi connectivity index (χ4n) is 3.04. The summed E-state index contributed by atoms with van der Waals surface area (Å²) in [4.78, 5) is 24.2. The van der Waals surface area contributed by atoms with Gasteiger partial charge in [0.25, 0.3) is 5.56 Å². The molecule has 3 rings (SSSR count). The fourth-order valence-corrected chi connectivity index (χ4v) is 3.04. The van der Waals surface area contributed by atoms with Crippen molar-refractivity contribution < 1.29 is 4.79 Å². The normalized spacial score (nSPS) is 10.3. The molecule has 0 bridgehead atoms. The molecule has 0 saturated carbocycles. The molecule has 0 aliphatic carbocycles. The van der Waals surface area contributed by atoms with Gasteiger partial charge in [-0.2, -0.15) is 5.10 Å². The zero-order valence-corrected chi connectivity index (χ0v) is 16.9. The lowest BCUT2D eigenvalue weighted by molar-refractivity contribution is -0.116. The second-order valence-corrected chi connectivity index (χ2v) is 6.53. The zero-order valence-electron chi connectivity index (χ0n) is 16.1. The van der Waals surface area contributed by atoms with Gasteiger partial charge in [-0.05, 0) is 37.6 Å². The van der Waals surface area contributed by atoms with Gasteiger partial charge in [-0.1, -0.05) is 36.4 Å². The van der Waals surface area contributed by atoms with Crippen LogP contribution in [-0.2, 0) is 4.79 Å². The molecule has 0 unspecified atom stereocenters. The molecule has 0 fully saturated rings. The van der Waals surface area contributed by atoms with Gasteiger partial charge in [0, 0.05) is 29.6 Å². The number of fused-ring (bicyclic) bond motifs is 1. The van der Waals surface area contributed by atoms with Crippen LogP contribution in [0.15, 0.2) is 66.0 Å². The van der Waals surface area contributed by atoms with Crippen LogP contribution >= 0.6 is 12.4 Å². The largest absolute Gasteiger partial charge is 0.326 e. The van der Waals surface area contributed by atoms with Crippen molar-refractivity contribution in [3.63, 3.8) is 0 Å². The molecule has 152 valence electrons. The molecule has 29 heavy (non-hydrogen) atoms. The molecule has 0 aliphatic rings. The highest BCUT2D eigenvalue weighted by Crippen LogP contribution is 2.26. The van der Waals surface area contributed by atoms with E-state index in [1.807, 2.05) is 48.5 Å². The van der Waals surface area contributed by atoms with Crippen LogP contribution < -0.4 is 16.2 Å². The van der Waals surface area contributed by atoms with Crippen LogP contribution in [0, 0.1) is 0 Å². The van der Waals surface area contributed by atoms with Crippen molar-refractivity contribution in [1.29, 1.82) is 0 Å². The Bertz CT molecular complexity index is 1030. The van der Waals surface area contributed by atoms with E-state index in [1.54, 1.807) is 6.07 Å². The van der Waals surface area contributed by atoms with E-state index in [0.29, 0.717) is 23.2 Å². The first kappa shape index (κ1) is 22.3. The molecule has 3 N–H and O–H groups in total. The van der Waals surface area contributed by atoms with Gasteiger partial charge in [-0.25, -0.2) is 5.10 Å². The number of halogens is 1. The summed E-state index contributed by atoms with van der Waals surface area (Å²) in [6, 6.07) is 14.8. The number of unbranched alkanes of at least 4 members (excludes halogenated alkanes) is 1. The van der Waals surface area contributed by atoms with E-state index in [0.717, 1.165) is 36.9 Å². The fraction of sp³-hybridized carbons (Fsp3) is 0.227. The van der Waals surface area contributed by atoms with E-state index in [4.69, 9.17) is 0 Å². The first-order valence-electron chi connectivity index (χ1n) is 9.38. The smallest absolute Gasteiger partial charge is 0.272 e. The van der Waals surface area contributed by atoms with Gasteiger partial charge in [0.05, 0.1) is 11.1 Å². The van der Waals surface area contributed by atoms with Gasteiger partial charge in [-0.15, -0.1) is 19.0 Å². The third-order valence-corrected chi connectivity index (χ3v) is 4.41. The highest BCUT2D eigenvalue weighted by atomic mass is 35.5. The SMILES string of the molecule is C=CCNCCCCC(=O)Nc1cccc(-c2n[nH]c(=O)c3ccccc23)c1.Cl. The Morgan fingerprint density at radius 3 is 2.69 bits per heavy atom. The van der Waals surface area contributed by atoms with Crippen molar-refractivity contribution in [3.8, 4) is 11.3 Å². The molecule has 0 atom stereocenters. The molecule has 6 nitrogen and oxygen atoms in total. The predicted molar refractivity (Wildman–Crippen MR) is 121 cm³/mol. The molecule has 1 amide bonds. The van der Waals surface area contributed by atoms with Gasteiger partial charge in [0.2, 0.25) is 5.91 Å². The lowest BCUT2D eigenvalue weighted by atomic mass is 10.0. The molecule has 0 radical (unpaired) electrons. The van der Waals surface area contributed by atoms with Crippen LogP contribution in [0.2, 0.25) is 0 Å². The van der Waals surface area contributed by atoms with Crippen LogP contribution in [0.3, 0.4) is 0 Å². The number of nitrogens with zero attached hydrogens (tertiary/aromatic N) is 1. The maximum Gasteiger partial charge on any atom is 0.272 e. The zero-order chi connectivity index (χ0) is 19.8. The van der Waals surface area contributed by atoms with Gasteiger partial charge in [0.15, 0.2) is 0 Å². The van der Waals surface area contributed by atoms with Gasteiger partial charge >= 0.3 is 0 Å². The summed E-state index contributed by atoms with van der Waals surface area (Å²) in [5, 5.41) is 14.3. The van der Waals surface area contributed by atoms with Crippen molar-refractivity contribution in [2.75, 3.05) is 18.4 Å². The Hall–Kier alpha value is -2.96. The number of carbonyl (C=O) groups is 1. The van der Waals surface area contributed by atoms with Crippen LogP contribution in [-0.4, -0.2) is 29.2 Å². The lowest BCUT2D eigenvalue weighted by Crippen LogP contribution is -2.16. The quantitative estimate of drug-likeness (QED) is 0.367. The average molecular weight is 413 g/mol. The number of hydrogen-bond donors (Lipinski definition) is 3. The Morgan fingerprint density at radius 2 is 1.90 bits per heavy atom. The summed E-state index contributed by atoms with van der Waals surface area (Å²) < 4.78 is 0. The molecule has 0 spiro atoms. The summed E-state index contributed by atoms with van der Waals surface area (Å²) in [7, 11) is 0. The van der Waals surface area contributed by atoms with Gasteiger partial charge < -0.3 is 10.6 Å². The summed E-state index contributed by atoms with van der Waals surface area (Å²) in [6.07, 6.45) is 4.05. The highest BCUT2D eigenvalue weighted by molar-refractivity contribution is 5.95. The molecule has 0 saturated heterocycles. The predicted octanol–water partition coefficient (Wildman–Crippen LogP) is 3.90. The Balaban J connectivity index is 0.00000300. The number of nitrogens with one attached hydrogen (secondary N) is 3. The molecular formula is C22H25ClN4O2. The molecule has 2 aromatic carbocycles. The molecular weight excluding hydrogens is 388 g/mol. The first-order valence-corrected chi connectivity index (χ1v) is 9.38. The number of amides is 1. The number of benzene rings is 2. The summed E-state index contributed by atoms with van der Waals surface area (Å²) in [5.41, 5.74) is 2.01. The topological polar surface area (TPSA) is 86.9 Å². The molecule has 7 heteroatoms. The highest BCUT2D eigenvalue weighted by Gasteiger charge is 2.09. The van der Waals surface area contributed by atoms with Crippen molar-refractivity contribution in [1.82, 2.24) is 15.5 Å². The van der Waals surface area contributed by atoms with Gasteiger partial charge in [-0.3, -0.25) is 9.59 Å². The average Bonchev–Trinajstić information content (AvgIpc) is 2.71. The number of rotatable bonds is 9. The van der Waals surface area contributed by atoms with Crippen LogP contribution in [0.25, 0.3) is 22.0 Å².